The summed E-state index contributed by atoms with van der Waals surface area (Å²) in [5.41, 5.74) is -0.711. The van der Waals surface area contributed by atoms with Crippen LogP contribution >= 0.6 is 0 Å². The zero-order valence-electron chi connectivity index (χ0n) is 20.7. The van der Waals surface area contributed by atoms with Gasteiger partial charge in [-0.05, 0) is 76.2 Å². The Morgan fingerprint density at radius 2 is 1.75 bits per heavy atom. The van der Waals surface area contributed by atoms with E-state index in [4.69, 9.17) is 8.83 Å². The lowest BCUT2D eigenvalue weighted by Crippen LogP contribution is -2.50. The van der Waals surface area contributed by atoms with Crippen molar-refractivity contribution < 1.29 is 22.8 Å². The number of carbonyl (C=O) groups is 2. The number of para-hydroxylation sites is 1. The number of hydrogen-bond acceptors (Lipinski definition) is 7. The van der Waals surface area contributed by atoms with Crippen LogP contribution in [0.5, 0.6) is 0 Å². The SMILES string of the molecule is Cc1ccc(-c2nnn(CC(=O)N(c3ccccc3F)[C@@H](C(=O)NC(C)(C)C)c3ccc(C)o3)n2)o1. The number of tetrazole rings is 1. The number of carbonyl (C=O) groups excluding carboxylic acids is 2. The summed E-state index contributed by atoms with van der Waals surface area (Å²) in [6.45, 7) is 8.50. The van der Waals surface area contributed by atoms with E-state index in [1.54, 1.807) is 44.2 Å². The Kier molecular flexibility index (Phi) is 6.73. The van der Waals surface area contributed by atoms with Crippen molar-refractivity contribution >= 4 is 17.5 Å². The molecule has 188 valence electrons. The standard InChI is InChI=1S/C25H27FN6O4/c1-15-10-12-19(35-15)22(24(34)27-25(3,4)5)32(18-9-7-6-8-17(18)26)21(33)14-31-29-23(28-30-31)20-13-11-16(2)36-20/h6-13,22H,14H2,1-5H3,(H,27,34)/t22-/m1/s1. The number of halogens is 1. The summed E-state index contributed by atoms with van der Waals surface area (Å²) in [7, 11) is 0. The third-order valence-electron chi connectivity index (χ3n) is 5.11. The third kappa shape index (κ3) is 5.51. The summed E-state index contributed by atoms with van der Waals surface area (Å²) >= 11 is 0. The predicted molar refractivity (Wildman–Crippen MR) is 128 cm³/mol. The Bertz CT molecular complexity index is 1380. The zero-order valence-corrected chi connectivity index (χ0v) is 20.7. The van der Waals surface area contributed by atoms with Crippen LogP contribution < -0.4 is 10.2 Å². The zero-order chi connectivity index (χ0) is 26.0. The van der Waals surface area contributed by atoms with Crippen LogP contribution in [0.2, 0.25) is 0 Å². The first kappa shape index (κ1) is 24.8. The molecule has 0 radical (unpaired) electrons. The molecular formula is C25H27FN6O4. The molecule has 1 N–H and O–H groups in total. The fourth-order valence-corrected chi connectivity index (χ4v) is 3.64. The van der Waals surface area contributed by atoms with Gasteiger partial charge in [0.1, 0.15) is 29.6 Å². The third-order valence-corrected chi connectivity index (χ3v) is 5.11. The minimum absolute atomic E-state index is 0.0902. The maximum Gasteiger partial charge on any atom is 0.251 e. The number of nitrogens with one attached hydrogen (secondary N) is 1. The molecule has 0 fully saturated rings. The maximum absolute atomic E-state index is 15.0. The number of anilines is 1. The normalized spacial score (nSPS) is 12.4. The van der Waals surface area contributed by atoms with E-state index >= 15 is 4.39 Å². The average molecular weight is 495 g/mol. The van der Waals surface area contributed by atoms with Gasteiger partial charge in [-0.1, -0.05) is 12.1 Å². The van der Waals surface area contributed by atoms with Crippen LogP contribution in [-0.2, 0) is 16.1 Å². The van der Waals surface area contributed by atoms with Gasteiger partial charge in [-0.25, -0.2) is 4.39 Å². The van der Waals surface area contributed by atoms with E-state index in [9.17, 15) is 9.59 Å². The number of amides is 2. The van der Waals surface area contributed by atoms with Crippen molar-refractivity contribution in [3.05, 3.63) is 71.6 Å². The second kappa shape index (κ2) is 9.76. The van der Waals surface area contributed by atoms with Gasteiger partial charge >= 0.3 is 0 Å². The van der Waals surface area contributed by atoms with E-state index in [1.807, 2.05) is 20.8 Å². The van der Waals surface area contributed by atoms with Crippen LogP contribution in [0.25, 0.3) is 11.6 Å². The summed E-state index contributed by atoms with van der Waals surface area (Å²) in [6.07, 6.45) is 0. The topological polar surface area (TPSA) is 119 Å². The van der Waals surface area contributed by atoms with Gasteiger partial charge in [-0.15, -0.1) is 10.2 Å². The van der Waals surface area contributed by atoms with Gasteiger partial charge in [0, 0.05) is 5.54 Å². The van der Waals surface area contributed by atoms with Crippen LogP contribution in [-0.4, -0.2) is 37.6 Å². The fraction of sp³-hybridized carbons (Fsp3) is 0.320. The summed E-state index contributed by atoms with van der Waals surface area (Å²) in [5.74, 6) is 0.114. The number of rotatable bonds is 7. The molecule has 4 aromatic rings. The van der Waals surface area contributed by atoms with E-state index in [1.165, 1.54) is 18.2 Å². The van der Waals surface area contributed by atoms with Crippen LogP contribution in [0.1, 0.15) is 44.1 Å². The molecule has 0 aliphatic carbocycles. The maximum atomic E-state index is 15.0. The highest BCUT2D eigenvalue weighted by Gasteiger charge is 2.38. The van der Waals surface area contributed by atoms with Crippen LogP contribution in [0.15, 0.2) is 57.4 Å². The lowest BCUT2D eigenvalue weighted by molar-refractivity contribution is -0.128. The molecule has 11 heteroatoms. The summed E-state index contributed by atoms with van der Waals surface area (Å²) in [5, 5.41) is 14.9. The quantitative estimate of drug-likeness (QED) is 0.413. The second-order valence-electron chi connectivity index (χ2n) is 9.36. The van der Waals surface area contributed by atoms with Crippen molar-refractivity contribution in [3.63, 3.8) is 0 Å². The molecule has 0 aliphatic rings. The molecule has 1 atom stereocenters. The molecule has 36 heavy (non-hydrogen) atoms. The van der Waals surface area contributed by atoms with Gasteiger partial charge in [0.25, 0.3) is 11.8 Å². The number of nitrogens with zero attached hydrogens (tertiary/aromatic N) is 5. The molecule has 0 spiro atoms. The average Bonchev–Trinajstić information content (AvgIpc) is 3.53. The monoisotopic (exact) mass is 494 g/mol. The second-order valence-corrected chi connectivity index (χ2v) is 9.36. The van der Waals surface area contributed by atoms with Crippen molar-refractivity contribution in [2.24, 2.45) is 0 Å². The molecule has 3 heterocycles. The first-order valence-corrected chi connectivity index (χ1v) is 11.3. The molecule has 0 bridgehead atoms. The molecule has 3 aromatic heterocycles. The lowest BCUT2D eigenvalue weighted by atomic mass is 10.1. The van der Waals surface area contributed by atoms with Crippen molar-refractivity contribution in [3.8, 4) is 11.6 Å². The van der Waals surface area contributed by atoms with Crippen molar-refractivity contribution in [2.75, 3.05) is 4.90 Å². The highest BCUT2D eigenvalue weighted by Crippen LogP contribution is 2.32. The number of aryl methyl sites for hydroxylation is 2. The Morgan fingerprint density at radius 3 is 2.36 bits per heavy atom. The molecule has 0 saturated carbocycles. The largest absolute Gasteiger partial charge is 0.464 e. The summed E-state index contributed by atoms with van der Waals surface area (Å²) in [6, 6.07) is 11.1. The van der Waals surface area contributed by atoms with Gasteiger partial charge in [-0.3, -0.25) is 14.5 Å². The van der Waals surface area contributed by atoms with Gasteiger partial charge < -0.3 is 14.2 Å². The van der Waals surface area contributed by atoms with Gasteiger partial charge in [0.15, 0.2) is 11.8 Å². The van der Waals surface area contributed by atoms with Crippen LogP contribution in [0.4, 0.5) is 10.1 Å². The number of hydrogen-bond donors (Lipinski definition) is 1. The molecule has 0 aliphatic heterocycles. The number of aromatic nitrogens is 4. The highest BCUT2D eigenvalue weighted by atomic mass is 19.1. The molecule has 2 amide bonds. The Labute approximate surface area is 207 Å². The Morgan fingerprint density at radius 1 is 1.06 bits per heavy atom. The first-order valence-electron chi connectivity index (χ1n) is 11.3. The Hall–Kier alpha value is -4.28. The lowest BCUT2D eigenvalue weighted by Gasteiger charge is -2.32. The van der Waals surface area contributed by atoms with E-state index in [-0.39, 0.29) is 17.3 Å². The summed E-state index contributed by atoms with van der Waals surface area (Å²) in [4.78, 5) is 29.3. The Balaban J connectivity index is 1.74. The van der Waals surface area contributed by atoms with Gasteiger partial charge in [-0.2, -0.15) is 4.80 Å². The first-order chi connectivity index (χ1) is 17.0. The molecule has 4 rings (SSSR count). The van der Waals surface area contributed by atoms with Crippen molar-refractivity contribution in [1.29, 1.82) is 0 Å². The van der Waals surface area contributed by atoms with Crippen molar-refractivity contribution in [1.82, 2.24) is 25.5 Å². The van der Waals surface area contributed by atoms with E-state index in [0.717, 1.165) is 9.70 Å². The fourth-order valence-electron chi connectivity index (χ4n) is 3.64. The minimum atomic E-state index is -1.29. The summed E-state index contributed by atoms with van der Waals surface area (Å²) < 4.78 is 26.3. The van der Waals surface area contributed by atoms with E-state index in [2.05, 4.69) is 20.7 Å². The molecular weight excluding hydrogens is 467 g/mol. The van der Waals surface area contributed by atoms with Crippen LogP contribution in [0.3, 0.4) is 0 Å². The highest BCUT2D eigenvalue weighted by molar-refractivity contribution is 6.01. The number of benzene rings is 1. The van der Waals surface area contributed by atoms with Crippen molar-refractivity contribution in [2.45, 2.75) is 52.7 Å². The molecule has 10 nitrogen and oxygen atoms in total. The van der Waals surface area contributed by atoms with Gasteiger partial charge in [0.05, 0.1) is 5.69 Å². The van der Waals surface area contributed by atoms with E-state index in [0.29, 0.717) is 17.3 Å². The predicted octanol–water partition coefficient (Wildman–Crippen LogP) is 3.97. The minimum Gasteiger partial charge on any atom is -0.464 e. The molecule has 1 aromatic carbocycles. The van der Waals surface area contributed by atoms with Crippen LogP contribution in [0, 0.1) is 19.7 Å². The molecule has 0 saturated heterocycles. The van der Waals surface area contributed by atoms with Gasteiger partial charge in [0.2, 0.25) is 5.82 Å². The molecule has 0 unspecified atom stereocenters. The smallest absolute Gasteiger partial charge is 0.251 e. The van der Waals surface area contributed by atoms with E-state index < -0.39 is 35.8 Å². The number of furan rings is 2.